The van der Waals surface area contributed by atoms with Gasteiger partial charge in [0.05, 0.1) is 0 Å². The molecule has 0 aromatic heterocycles. The molecule has 3 N–H and O–H groups in total. The first-order valence-corrected chi connectivity index (χ1v) is 6.86. The summed E-state index contributed by atoms with van der Waals surface area (Å²) in [6, 6.07) is 13.4. The number of nitrogens with two attached hydrogens (primary N) is 1. The summed E-state index contributed by atoms with van der Waals surface area (Å²) >= 11 is 0. The zero-order valence-corrected chi connectivity index (χ0v) is 12.3. The van der Waals surface area contributed by atoms with Crippen molar-refractivity contribution in [1.82, 2.24) is 5.32 Å². The van der Waals surface area contributed by atoms with Gasteiger partial charge >= 0.3 is 0 Å². The summed E-state index contributed by atoms with van der Waals surface area (Å²) in [5.74, 6) is 0.577. The van der Waals surface area contributed by atoms with Gasteiger partial charge in [-0.3, -0.25) is 4.79 Å². The number of benzene rings is 2. The second-order valence-corrected chi connectivity index (χ2v) is 5.03. The Kier molecular flexibility index (Phi) is 4.82. The lowest BCUT2D eigenvalue weighted by atomic mass is 10.1. The SMILES string of the molecule is Cc1cc(N)cc(C)c1OCC(=O)NCc1ccccc1. The van der Waals surface area contributed by atoms with Gasteiger partial charge in [0.15, 0.2) is 6.61 Å². The zero-order chi connectivity index (χ0) is 15.2. The van der Waals surface area contributed by atoms with E-state index >= 15 is 0 Å². The van der Waals surface area contributed by atoms with Crippen LogP contribution in [-0.4, -0.2) is 12.5 Å². The number of amides is 1. The molecule has 0 unspecified atom stereocenters. The van der Waals surface area contributed by atoms with Crippen molar-refractivity contribution in [2.75, 3.05) is 12.3 Å². The van der Waals surface area contributed by atoms with E-state index < -0.39 is 0 Å². The zero-order valence-electron chi connectivity index (χ0n) is 12.3. The van der Waals surface area contributed by atoms with E-state index in [0.717, 1.165) is 22.4 Å². The van der Waals surface area contributed by atoms with Crippen molar-refractivity contribution in [3.63, 3.8) is 0 Å². The molecule has 0 saturated carbocycles. The fraction of sp³-hybridized carbons (Fsp3) is 0.235. The topological polar surface area (TPSA) is 64.3 Å². The van der Waals surface area contributed by atoms with E-state index in [2.05, 4.69) is 5.32 Å². The van der Waals surface area contributed by atoms with E-state index in [1.165, 1.54) is 0 Å². The highest BCUT2D eigenvalue weighted by Gasteiger charge is 2.08. The highest BCUT2D eigenvalue weighted by Crippen LogP contribution is 2.25. The Morgan fingerprint density at radius 3 is 2.38 bits per heavy atom. The summed E-state index contributed by atoms with van der Waals surface area (Å²) in [6.45, 7) is 4.34. The van der Waals surface area contributed by atoms with Gasteiger partial charge in [0.25, 0.3) is 5.91 Å². The first-order valence-electron chi connectivity index (χ1n) is 6.86. The van der Waals surface area contributed by atoms with Gasteiger partial charge in [0.1, 0.15) is 5.75 Å². The average Bonchev–Trinajstić information content (AvgIpc) is 2.45. The first kappa shape index (κ1) is 14.9. The van der Waals surface area contributed by atoms with Gasteiger partial charge in [-0.1, -0.05) is 30.3 Å². The maximum atomic E-state index is 11.8. The fourth-order valence-electron chi connectivity index (χ4n) is 2.20. The van der Waals surface area contributed by atoms with Crippen LogP contribution in [0.5, 0.6) is 5.75 Å². The van der Waals surface area contributed by atoms with Crippen molar-refractivity contribution in [3.8, 4) is 5.75 Å². The number of nitrogen functional groups attached to an aromatic ring is 1. The van der Waals surface area contributed by atoms with E-state index in [1.54, 1.807) is 0 Å². The largest absolute Gasteiger partial charge is 0.483 e. The number of carbonyl (C=O) groups is 1. The van der Waals surface area contributed by atoms with Crippen LogP contribution in [0.3, 0.4) is 0 Å². The van der Waals surface area contributed by atoms with Gasteiger partial charge in [-0.15, -0.1) is 0 Å². The minimum atomic E-state index is -0.144. The van der Waals surface area contributed by atoms with Crippen LogP contribution in [0, 0.1) is 13.8 Å². The van der Waals surface area contributed by atoms with Crippen molar-refractivity contribution >= 4 is 11.6 Å². The molecular formula is C17H20N2O2. The second-order valence-electron chi connectivity index (χ2n) is 5.03. The van der Waals surface area contributed by atoms with Crippen LogP contribution in [0.4, 0.5) is 5.69 Å². The Bertz CT molecular complexity index is 601. The highest BCUT2D eigenvalue weighted by atomic mass is 16.5. The molecule has 0 fully saturated rings. The highest BCUT2D eigenvalue weighted by molar-refractivity contribution is 5.77. The van der Waals surface area contributed by atoms with Gasteiger partial charge in [-0.05, 0) is 42.7 Å². The van der Waals surface area contributed by atoms with E-state index in [0.29, 0.717) is 12.2 Å². The smallest absolute Gasteiger partial charge is 0.258 e. The Labute approximate surface area is 124 Å². The minimum Gasteiger partial charge on any atom is -0.483 e. The number of aryl methyl sites for hydroxylation is 2. The standard InChI is InChI=1S/C17H20N2O2/c1-12-8-15(18)9-13(2)17(12)21-11-16(20)19-10-14-6-4-3-5-7-14/h3-9H,10-11,18H2,1-2H3,(H,19,20). The summed E-state index contributed by atoms with van der Waals surface area (Å²) in [6.07, 6.45) is 0. The third kappa shape index (κ3) is 4.24. The van der Waals surface area contributed by atoms with Crippen LogP contribution in [-0.2, 0) is 11.3 Å². The van der Waals surface area contributed by atoms with Crippen LogP contribution < -0.4 is 15.8 Å². The van der Waals surface area contributed by atoms with Crippen molar-refractivity contribution in [3.05, 3.63) is 59.2 Å². The quantitative estimate of drug-likeness (QED) is 0.829. The molecular weight excluding hydrogens is 264 g/mol. The summed E-state index contributed by atoms with van der Waals surface area (Å²) in [4.78, 5) is 11.8. The van der Waals surface area contributed by atoms with E-state index in [9.17, 15) is 4.79 Å². The van der Waals surface area contributed by atoms with Crippen LogP contribution in [0.25, 0.3) is 0 Å². The van der Waals surface area contributed by atoms with Crippen LogP contribution in [0.2, 0.25) is 0 Å². The molecule has 0 aliphatic carbocycles. The predicted octanol–water partition coefficient (Wildman–Crippen LogP) is 2.58. The minimum absolute atomic E-state index is 0.00156. The van der Waals surface area contributed by atoms with Gasteiger partial charge in [-0.25, -0.2) is 0 Å². The molecule has 4 nitrogen and oxygen atoms in total. The van der Waals surface area contributed by atoms with Gasteiger partial charge in [0, 0.05) is 12.2 Å². The molecule has 0 bridgehead atoms. The van der Waals surface area contributed by atoms with Crippen molar-refractivity contribution in [1.29, 1.82) is 0 Å². The van der Waals surface area contributed by atoms with Gasteiger partial charge in [0.2, 0.25) is 0 Å². The molecule has 110 valence electrons. The van der Waals surface area contributed by atoms with Crippen molar-refractivity contribution < 1.29 is 9.53 Å². The lowest BCUT2D eigenvalue weighted by Gasteiger charge is -2.13. The molecule has 0 aliphatic rings. The molecule has 0 heterocycles. The van der Waals surface area contributed by atoms with Gasteiger partial charge < -0.3 is 15.8 Å². The molecule has 2 aromatic rings. The normalized spacial score (nSPS) is 10.2. The predicted molar refractivity (Wildman–Crippen MR) is 84.1 cm³/mol. The summed E-state index contributed by atoms with van der Waals surface area (Å²) in [5, 5.41) is 2.83. The molecule has 21 heavy (non-hydrogen) atoms. The summed E-state index contributed by atoms with van der Waals surface area (Å²) < 4.78 is 5.61. The van der Waals surface area contributed by atoms with Gasteiger partial charge in [-0.2, -0.15) is 0 Å². The molecule has 1 amide bonds. The van der Waals surface area contributed by atoms with Crippen LogP contribution in [0.15, 0.2) is 42.5 Å². The molecule has 2 rings (SSSR count). The van der Waals surface area contributed by atoms with E-state index in [-0.39, 0.29) is 12.5 Å². The van der Waals surface area contributed by atoms with Crippen molar-refractivity contribution in [2.45, 2.75) is 20.4 Å². The Morgan fingerprint density at radius 1 is 1.14 bits per heavy atom. The molecule has 4 heteroatoms. The van der Waals surface area contributed by atoms with Crippen molar-refractivity contribution in [2.24, 2.45) is 0 Å². The Hall–Kier alpha value is -2.49. The molecule has 0 spiro atoms. The molecule has 0 radical (unpaired) electrons. The molecule has 0 saturated heterocycles. The molecule has 2 aromatic carbocycles. The number of carbonyl (C=O) groups excluding carboxylic acids is 1. The summed E-state index contributed by atoms with van der Waals surface area (Å²) in [5.41, 5.74) is 9.39. The summed E-state index contributed by atoms with van der Waals surface area (Å²) in [7, 11) is 0. The number of hydrogen-bond acceptors (Lipinski definition) is 3. The number of anilines is 1. The Morgan fingerprint density at radius 2 is 1.76 bits per heavy atom. The third-order valence-electron chi connectivity index (χ3n) is 3.16. The first-order chi connectivity index (χ1) is 10.1. The fourth-order valence-corrected chi connectivity index (χ4v) is 2.20. The third-order valence-corrected chi connectivity index (χ3v) is 3.16. The maximum Gasteiger partial charge on any atom is 0.258 e. The monoisotopic (exact) mass is 284 g/mol. The van der Waals surface area contributed by atoms with E-state index in [4.69, 9.17) is 10.5 Å². The number of rotatable bonds is 5. The van der Waals surface area contributed by atoms with Crippen LogP contribution in [0.1, 0.15) is 16.7 Å². The Balaban J connectivity index is 1.87. The second kappa shape index (κ2) is 6.79. The van der Waals surface area contributed by atoms with Crippen LogP contribution >= 0.6 is 0 Å². The lowest BCUT2D eigenvalue weighted by molar-refractivity contribution is -0.123. The number of ether oxygens (including phenoxy) is 1. The number of nitrogens with one attached hydrogen (secondary N) is 1. The maximum absolute atomic E-state index is 11.8. The van der Waals surface area contributed by atoms with E-state index in [1.807, 2.05) is 56.3 Å². The molecule has 0 atom stereocenters. The average molecular weight is 284 g/mol. The number of hydrogen-bond donors (Lipinski definition) is 2. The molecule has 0 aliphatic heterocycles. The lowest BCUT2D eigenvalue weighted by Crippen LogP contribution is -2.28.